The molecule has 0 unspecified atom stereocenters. The second kappa shape index (κ2) is 9.13. The molecule has 11 heteroatoms. The number of aromatic hydroxyl groups is 1. The highest BCUT2D eigenvalue weighted by Gasteiger charge is 2.23. The number of aromatic nitrogens is 1. The average molecular weight is 497 g/mol. The van der Waals surface area contributed by atoms with Gasteiger partial charge in [0.2, 0.25) is 0 Å². The first-order chi connectivity index (χ1) is 14.8. The monoisotopic (exact) mass is 496 g/mol. The maximum Gasteiger partial charge on any atom is 0.284 e. The lowest BCUT2D eigenvalue weighted by Crippen LogP contribution is -2.25. The highest BCUT2D eigenvalue weighted by atomic mass is 35.5. The molecule has 2 aromatic heterocycles. The normalized spacial score (nSPS) is 13.6. The highest BCUT2D eigenvalue weighted by molar-refractivity contribution is 7.18. The first-order valence-corrected chi connectivity index (χ1v) is 11.7. The number of carbonyl (C=O) groups is 2. The van der Waals surface area contributed by atoms with Gasteiger partial charge in [-0.05, 0) is 25.2 Å². The van der Waals surface area contributed by atoms with Gasteiger partial charge >= 0.3 is 0 Å². The van der Waals surface area contributed by atoms with Crippen molar-refractivity contribution in [3.63, 3.8) is 0 Å². The largest absolute Gasteiger partial charge is 0.506 e. The number of halogens is 2. The van der Waals surface area contributed by atoms with E-state index in [1.807, 2.05) is 7.05 Å². The quantitative estimate of drug-likeness (QED) is 0.455. The van der Waals surface area contributed by atoms with Gasteiger partial charge in [0.15, 0.2) is 5.01 Å². The van der Waals surface area contributed by atoms with Crippen molar-refractivity contribution in [2.45, 2.75) is 19.5 Å². The Balaban J connectivity index is 1.52. The first-order valence-electron chi connectivity index (χ1n) is 9.33. The van der Waals surface area contributed by atoms with E-state index in [-0.39, 0.29) is 28.9 Å². The SMILES string of the molecule is CN1CCc2nc(C(=O)Nc3c(O)cc(Cl)cc3CNC(=O)c3ccc(Cl)s3)sc2C1. The number of nitrogens with one attached hydrogen (secondary N) is 2. The number of hydrogen-bond donors (Lipinski definition) is 3. The summed E-state index contributed by atoms with van der Waals surface area (Å²) in [6.07, 6.45) is 0.797. The number of fused-ring (bicyclic) bond motifs is 1. The lowest BCUT2D eigenvalue weighted by molar-refractivity contribution is 0.0954. The summed E-state index contributed by atoms with van der Waals surface area (Å²) in [6, 6.07) is 6.19. The van der Waals surface area contributed by atoms with Crippen LogP contribution in [0.5, 0.6) is 5.75 Å². The van der Waals surface area contributed by atoms with Gasteiger partial charge in [-0.25, -0.2) is 4.98 Å². The second-order valence-electron chi connectivity index (χ2n) is 7.08. The number of phenolic OH excluding ortho intramolecular Hbond substituents is 1. The molecule has 0 saturated carbocycles. The van der Waals surface area contributed by atoms with Crippen molar-refractivity contribution in [2.75, 3.05) is 18.9 Å². The molecule has 0 saturated heterocycles. The van der Waals surface area contributed by atoms with Crippen LogP contribution < -0.4 is 10.6 Å². The fourth-order valence-electron chi connectivity index (χ4n) is 3.22. The van der Waals surface area contributed by atoms with Crippen molar-refractivity contribution in [2.24, 2.45) is 0 Å². The zero-order valence-corrected chi connectivity index (χ0v) is 19.5. The molecule has 3 aromatic rings. The van der Waals surface area contributed by atoms with Crippen LogP contribution in [0.2, 0.25) is 9.36 Å². The van der Waals surface area contributed by atoms with Crippen molar-refractivity contribution in [3.05, 3.63) is 59.6 Å². The Morgan fingerprint density at radius 3 is 2.77 bits per heavy atom. The lowest BCUT2D eigenvalue weighted by Gasteiger charge is -2.20. The first kappa shape index (κ1) is 22.0. The van der Waals surface area contributed by atoms with Gasteiger partial charge < -0.3 is 20.6 Å². The van der Waals surface area contributed by atoms with E-state index in [0.29, 0.717) is 19.8 Å². The third-order valence-corrected chi connectivity index (χ3v) is 7.28. The maximum atomic E-state index is 12.8. The van der Waals surface area contributed by atoms with Crippen molar-refractivity contribution >= 4 is 63.4 Å². The van der Waals surface area contributed by atoms with Crippen LogP contribution in [0.1, 0.15) is 35.6 Å². The van der Waals surface area contributed by atoms with Gasteiger partial charge in [0.1, 0.15) is 5.75 Å². The Morgan fingerprint density at radius 2 is 2.03 bits per heavy atom. The van der Waals surface area contributed by atoms with E-state index < -0.39 is 5.91 Å². The van der Waals surface area contributed by atoms with Crippen LogP contribution in [0.4, 0.5) is 5.69 Å². The number of anilines is 1. The molecule has 0 fully saturated rings. The molecule has 0 bridgehead atoms. The number of likely N-dealkylation sites (N-methyl/N-ethyl adjacent to an activating group) is 1. The van der Waals surface area contributed by atoms with E-state index >= 15 is 0 Å². The van der Waals surface area contributed by atoms with E-state index in [1.54, 1.807) is 18.2 Å². The van der Waals surface area contributed by atoms with Crippen molar-refractivity contribution in [1.82, 2.24) is 15.2 Å². The minimum Gasteiger partial charge on any atom is -0.506 e. The highest BCUT2D eigenvalue weighted by Crippen LogP contribution is 2.33. The third-order valence-electron chi connectivity index (χ3n) is 4.76. The second-order valence-corrected chi connectivity index (χ2v) is 10.3. The zero-order valence-electron chi connectivity index (χ0n) is 16.4. The molecule has 2 amide bonds. The average Bonchev–Trinajstić information content (AvgIpc) is 3.34. The van der Waals surface area contributed by atoms with E-state index in [9.17, 15) is 14.7 Å². The van der Waals surface area contributed by atoms with Gasteiger partial charge in [-0.3, -0.25) is 9.59 Å². The van der Waals surface area contributed by atoms with Crippen molar-refractivity contribution in [1.29, 1.82) is 0 Å². The van der Waals surface area contributed by atoms with Gasteiger partial charge in [0.05, 0.1) is 20.6 Å². The summed E-state index contributed by atoms with van der Waals surface area (Å²) in [7, 11) is 2.03. The van der Waals surface area contributed by atoms with Crippen LogP contribution in [0, 0.1) is 0 Å². The molecule has 1 aliphatic rings. The van der Waals surface area contributed by atoms with Crippen molar-refractivity contribution < 1.29 is 14.7 Å². The molecule has 1 aromatic carbocycles. The number of thiophene rings is 1. The summed E-state index contributed by atoms with van der Waals surface area (Å²) < 4.78 is 0.510. The molecule has 3 heterocycles. The summed E-state index contributed by atoms with van der Waals surface area (Å²) in [5.74, 6) is -0.923. The molecule has 31 heavy (non-hydrogen) atoms. The topological polar surface area (TPSA) is 94.6 Å². The Hall–Kier alpha value is -2.17. The predicted octanol–water partition coefficient (Wildman–Crippen LogP) is 4.39. The van der Waals surface area contributed by atoms with E-state index in [2.05, 4.69) is 20.5 Å². The molecule has 3 N–H and O–H groups in total. The summed E-state index contributed by atoms with van der Waals surface area (Å²) in [5, 5.41) is 16.5. The van der Waals surface area contributed by atoms with E-state index in [4.69, 9.17) is 23.2 Å². The van der Waals surface area contributed by atoms with Crippen LogP contribution in [0.15, 0.2) is 24.3 Å². The predicted molar refractivity (Wildman–Crippen MR) is 124 cm³/mol. The third kappa shape index (κ3) is 5.02. The fourth-order valence-corrected chi connectivity index (χ4v) is 5.50. The molecule has 0 atom stereocenters. The Labute approximate surface area is 196 Å². The number of thiazole rings is 1. The number of amides is 2. The summed E-state index contributed by atoms with van der Waals surface area (Å²) in [4.78, 5) is 33.4. The van der Waals surface area contributed by atoms with Gasteiger partial charge in [-0.15, -0.1) is 22.7 Å². The molecular weight excluding hydrogens is 479 g/mol. The molecule has 162 valence electrons. The van der Waals surface area contributed by atoms with Gasteiger partial charge in [-0.1, -0.05) is 23.2 Å². The van der Waals surface area contributed by atoms with Crippen LogP contribution >= 0.6 is 45.9 Å². The minimum atomic E-state index is -0.419. The summed E-state index contributed by atoms with van der Waals surface area (Å²) in [6.45, 7) is 1.71. The summed E-state index contributed by atoms with van der Waals surface area (Å²) in [5.41, 5.74) is 1.59. The van der Waals surface area contributed by atoms with Crippen LogP contribution in [-0.2, 0) is 19.5 Å². The molecule has 0 radical (unpaired) electrons. The minimum absolute atomic E-state index is 0.0528. The van der Waals surface area contributed by atoms with E-state index in [0.717, 1.165) is 41.4 Å². The van der Waals surface area contributed by atoms with Gasteiger partial charge in [0, 0.05) is 47.6 Å². The van der Waals surface area contributed by atoms with Gasteiger partial charge in [-0.2, -0.15) is 0 Å². The van der Waals surface area contributed by atoms with E-state index in [1.165, 1.54) is 17.4 Å². The maximum absolute atomic E-state index is 12.8. The number of carbonyl (C=O) groups excluding carboxylic acids is 2. The Morgan fingerprint density at radius 1 is 1.23 bits per heavy atom. The molecule has 0 aliphatic carbocycles. The number of hydrogen-bond acceptors (Lipinski definition) is 7. The number of phenols is 1. The van der Waals surface area contributed by atoms with Crippen LogP contribution in [-0.4, -0.2) is 40.4 Å². The Bertz CT molecular complexity index is 1160. The lowest BCUT2D eigenvalue weighted by atomic mass is 10.1. The Kier molecular flexibility index (Phi) is 6.49. The van der Waals surface area contributed by atoms with Crippen LogP contribution in [0.3, 0.4) is 0 Å². The number of rotatable bonds is 5. The van der Waals surface area contributed by atoms with Gasteiger partial charge in [0.25, 0.3) is 11.8 Å². The van der Waals surface area contributed by atoms with Crippen LogP contribution in [0.25, 0.3) is 0 Å². The fraction of sp³-hybridized carbons (Fsp3) is 0.250. The summed E-state index contributed by atoms with van der Waals surface area (Å²) >= 11 is 14.5. The molecule has 4 rings (SSSR count). The van der Waals surface area contributed by atoms with Crippen molar-refractivity contribution in [3.8, 4) is 5.75 Å². The smallest absolute Gasteiger partial charge is 0.284 e. The molecular formula is C20H18Cl2N4O3S2. The zero-order chi connectivity index (χ0) is 22.1. The molecule has 1 aliphatic heterocycles. The number of nitrogens with zero attached hydrogens (tertiary/aromatic N) is 2. The number of benzene rings is 1. The molecule has 0 spiro atoms. The molecule has 7 nitrogen and oxygen atoms in total. The standard InChI is InChI=1S/C20H18Cl2N4O3S2/c1-26-5-4-12-15(9-26)31-20(24-12)19(29)25-17-10(6-11(21)7-13(17)27)8-23-18(28)14-2-3-16(22)30-14/h2-3,6-7,27H,4-5,8-9H2,1H3,(H,23,28)(H,25,29).